The van der Waals surface area contributed by atoms with Gasteiger partial charge < -0.3 is 5.48 Å². The summed E-state index contributed by atoms with van der Waals surface area (Å²) in [6, 6.07) is 0. The largest absolute Gasteiger partial charge is 4.00 e. The fourth-order valence-corrected chi connectivity index (χ4v) is 0. The summed E-state index contributed by atoms with van der Waals surface area (Å²) in [7, 11) is 0. The summed E-state index contributed by atoms with van der Waals surface area (Å²) >= 11 is 0. The summed E-state index contributed by atoms with van der Waals surface area (Å²) in [4.78, 5) is 0. The molecule has 0 radical (unpaired) electrons. The molecule has 0 aromatic heterocycles. The zero-order valence-corrected chi connectivity index (χ0v) is 14.0. The molecule has 0 bridgehead atoms. The van der Waals surface area contributed by atoms with E-state index in [-0.39, 0.29) is 115 Å². The SMILES string of the molecule is [Au+3].[O-2].[Sn+4].[Ti+4].[Ti+4].[Zn+2]. The topological polar surface area (TPSA) is 28.5 Å². The van der Waals surface area contributed by atoms with Gasteiger partial charge in [-0.2, -0.15) is 0 Å². The number of hydrogen-bond donors (Lipinski definition) is 0. The van der Waals surface area contributed by atoms with Gasteiger partial charge in [0.2, 0.25) is 0 Å². The zero-order chi connectivity index (χ0) is 0. The van der Waals surface area contributed by atoms with E-state index in [1.165, 1.54) is 0 Å². The molecule has 0 aliphatic carbocycles. The van der Waals surface area contributed by atoms with Crippen LogP contribution >= 0.6 is 0 Å². The Labute approximate surface area is 112 Å². The first-order chi connectivity index (χ1) is 0. The monoisotopic (exact) mass is 493 g/mol. The van der Waals surface area contributed by atoms with Gasteiger partial charge in [-0.05, 0) is 0 Å². The van der Waals surface area contributed by atoms with Crippen molar-refractivity contribution in [1.29, 1.82) is 0 Å². The fourth-order valence-electron chi connectivity index (χ4n) is 0. The number of hydrogen-bond acceptors (Lipinski definition) is 0. The van der Waals surface area contributed by atoms with Crippen LogP contribution in [0.15, 0.2) is 0 Å². The Hall–Kier alpha value is 3.55. The third kappa shape index (κ3) is 25.7. The van der Waals surface area contributed by atoms with Crippen LogP contribution < -0.4 is 0 Å². The van der Waals surface area contributed by atoms with Crippen molar-refractivity contribution in [1.82, 2.24) is 0 Å². The Kier molecular flexibility index (Phi) is 357. The van der Waals surface area contributed by atoms with Gasteiger partial charge in [-0.1, -0.05) is 0 Å². The van der Waals surface area contributed by atoms with Gasteiger partial charge in [0.15, 0.2) is 0 Å². The van der Waals surface area contributed by atoms with E-state index in [0.717, 1.165) is 0 Å². The molecule has 0 aromatic rings. The average Bonchev–Trinajstić information content (AvgIpc) is 0. The van der Waals surface area contributed by atoms with E-state index >= 15 is 0 Å². The summed E-state index contributed by atoms with van der Waals surface area (Å²) in [5.41, 5.74) is 0. The molecule has 1 nitrogen and oxygen atoms in total. The van der Waals surface area contributed by atoms with Crippen LogP contribution in [0.25, 0.3) is 0 Å². The molecule has 0 saturated carbocycles. The predicted octanol–water partition coefficient (Wildman–Crippen LogP) is -0.510. The summed E-state index contributed by atoms with van der Waals surface area (Å²) in [5, 5.41) is 0. The Morgan fingerprint density at radius 1 is 0.833 bits per heavy atom. The Morgan fingerprint density at radius 2 is 0.833 bits per heavy atom. The third-order valence-electron chi connectivity index (χ3n) is 0. The molecule has 0 rings (SSSR count). The second-order valence-corrected chi connectivity index (χ2v) is 0. The summed E-state index contributed by atoms with van der Waals surface area (Å²) in [6.45, 7) is 0. The quantitative estimate of drug-likeness (QED) is 0.408. The smallest absolute Gasteiger partial charge is 2.00 e. The molecule has 0 aromatic carbocycles. The first kappa shape index (κ1) is 55.4. The van der Waals surface area contributed by atoms with Crippen molar-refractivity contribution in [2.75, 3.05) is 0 Å². The van der Waals surface area contributed by atoms with Crippen molar-refractivity contribution in [3.05, 3.63) is 0 Å². The second-order valence-electron chi connectivity index (χ2n) is 0. The maximum Gasteiger partial charge on any atom is 4.00 e. The molecule has 0 spiro atoms. The maximum atomic E-state index is 0. The molecule has 0 N–H and O–H groups in total. The van der Waals surface area contributed by atoms with Crippen LogP contribution in [0.3, 0.4) is 0 Å². The van der Waals surface area contributed by atoms with Crippen LogP contribution in [-0.2, 0) is 90.8 Å². The fraction of sp³-hybridized carbons (Fsp3) is 0. The molecule has 6 heavy (non-hydrogen) atoms. The van der Waals surface area contributed by atoms with E-state index < -0.39 is 0 Å². The van der Waals surface area contributed by atoms with Crippen molar-refractivity contribution in [3.8, 4) is 0 Å². The van der Waals surface area contributed by atoms with Gasteiger partial charge in [-0.25, -0.2) is 0 Å². The minimum atomic E-state index is 0. The Bertz CT molecular complexity index is 13.5. The predicted molar refractivity (Wildman–Crippen MR) is 6.44 cm³/mol. The van der Waals surface area contributed by atoms with E-state index in [9.17, 15) is 0 Å². The Balaban J connectivity index is 0. The van der Waals surface area contributed by atoms with Gasteiger partial charge in [-0.3, -0.25) is 0 Å². The van der Waals surface area contributed by atoms with Crippen LogP contribution in [0.5, 0.6) is 0 Å². The van der Waals surface area contributed by atoms with E-state index in [1.54, 1.807) is 0 Å². The van der Waals surface area contributed by atoms with Crippen molar-refractivity contribution >= 4 is 23.9 Å². The molecule has 16 valence electrons. The summed E-state index contributed by atoms with van der Waals surface area (Å²) < 4.78 is 0. The van der Waals surface area contributed by atoms with Gasteiger partial charge >= 0.3 is 109 Å². The minimum Gasteiger partial charge on any atom is -2.00 e. The molecule has 0 saturated heterocycles. The Morgan fingerprint density at radius 3 is 0.833 bits per heavy atom. The van der Waals surface area contributed by atoms with Crippen LogP contribution in [-0.4, -0.2) is 23.9 Å². The van der Waals surface area contributed by atoms with Gasteiger partial charge in [0.1, 0.15) is 0 Å². The molecule has 0 unspecified atom stereocenters. The van der Waals surface area contributed by atoms with Crippen LogP contribution in [0.1, 0.15) is 0 Å². The summed E-state index contributed by atoms with van der Waals surface area (Å²) in [5.74, 6) is 0. The van der Waals surface area contributed by atoms with E-state index in [2.05, 4.69) is 0 Å². The maximum absolute atomic E-state index is 0. The van der Waals surface area contributed by atoms with Crippen LogP contribution in [0.2, 0.25) is 0 Å². The van der Waals surface area contributed by atoms with Crippen LogP contribution in [0.4, 0.5) is 0 Å². The molecule has 0 amide bonds. The molecular weight excluding hydrogens is 493 g/mol. The molecule has 0 aliphatic heterocycles. The zero-order valence-electron chi connectivity index (χ0n) is 2.92. The van der Waals surface area contributed by atoms with Crippen molar-refractivity contribution in [3.63, 3.8) is 0 Å². The molecule has 0 atom stereocenters. The van der Waals surface area contributed by atoms with Crippen molar-refractivity contribution in [2.45, 2.75) is 0 Å². The average molecular weight is 493 g/mol. The van der Waals surface area contributed by atoms with E-state index in [4.69, 9.17) is 0 Å². The summed E-state index contributed by atoms with van der Waals surface area (Å²) in [6.07, 6.45) is 0. The van der Waals surface area contributed by atoms with Gasteiger partial charge in [-0.15, -0.1) is 0 Å². The molecule has 0 aliphatic rings. The van der Waals surface area contributed by atoms with E-state index in [1.807, 2.05) is 0 Å². The first-order valence-electron chi connectivity index (χ1n) is 0. The molecule has 0 fully saturated rings. The molecule has 0 heterocycles. The van der Waals surface area contributed by atoms with Crippen molar-refractivity contribution < 1.29 is 90.8 Å². The van der Waals surface area contributed by atoms with Crippen molar-refractivity contribution in [2.24, 2.45) is 0 Å². The number of rotatable bonds is 0. The first-order valence-corrected chi connectivity index (χ1v) is 0. The standard InChI is InChI=1S/Au.O.Sn.2Ti.Zn/q+3;-2;3*+4;+2. The van der Waals surface area contributed by atoms with Gasteiger partial charge in [0.05, 0.1) is 0 Å². The normalized spacial score (nSPS) is 0. The third-order valence-corrected chi connectivity index (χ3v) is 0. The molecular formula is AuOSnTi2Zn+15. The van der Waals surface area contributed by atoms with Gasteiger partial charge in [0, 0.05) is 0 Å². The molecule has 6 heteroatoms. The minimum absolute atomic E-state index is 0. The van der Waals surface area contributed by atoms with Gasteiger partial charge in [0.25, 0.3) is 0 Å². The van der Waals surface area contributed by atoms with Crippen LogP contribution in [0, 0.1) is 0 Å². The second kappa shape index (κ2) is 38.7. The van der Waals surface area contributed by atoms with E-state index in [0.29, 0.717) is 0 Å².